The molecule has 6 heteroatoms. The van der Waals surface area contributed by atoms with Crippen LogP contribution in [0.4, 0.5) is 0 Å². The van der Waals surface area contributed by atoms with Gasteiger partial charge in [0, 0.05) is 19.6 Å². The number of sulfonamides is 1. The zero-order valence-electron chi connectivity index (χ0n) is 10.7. The zero-order chi connectivity index (χ0) is 13.5. The lowest BCUT2D eigenvalue weighted by atomic mass is 10.0. The summed E-state index contributed by atoms with van der Waals surface area (Å²) in [6.07, 6.45) is -0.0778. The first kappa shape index (κ1) is 13.1. The minimum absolute atomic E-state index is 0.0778. The van der Waals surface area contributed by atoms with Crippen molar-refractivity contribution in [2.24, 2.45) is 5.92 Å². The lowest BCUT2D eigenvalue weighted by molar-refractivity contribution is 0.0599. The van der Waals surface area contributed by atoms with Gasteiger partial charge in [0.1, 0.15) is 0 Å². The van der Waals surface area contributed by atoms with Crippen LogP contribution in [0.1, 0.15) is 0 Å². The molecule has 2 aliphatic heterocycles. The highest BCUT2D eigenvalue weighted by atomic mass is 32.2. The van der Waals surface area contributed by atoms with E-state index in [0.717, 1.165) is 0 Å². The molecule has 0 unspecified atom stereocenters. The van der Waals surface area contributed by atoms with E-state index in [0.29, 0.717) is 24.7 Å². The fourth-order valence-corrected chi connectivity index (χ4v) is 4.60. The van der Waals surface area contributed by atoms with Gasteiger partial charge in [-0.15, -0.1) is 0 Å². The van der Waals surface area contributed by atoms with Gasteiger partial charge in [0.2, 0.25) is 10.0 Å². The Morgan fingerprint density at radius 1 is 1.26 bits per heavy atom. The van der Waals surface area contributed by atoms with E-state index in [1.165, 1.54) is 4.31 Å². The normalized spacial score (nSPS) is 31.5. The molecule has 0 saturated carbocycles. The van der Waals surface area contributed by atoms with Crippen molar-refractivity contribution in [3.63, 3.8) is 0 Å². The van der Waals surface area contributed by atoms with Crippen LogP contribution in [0.25, 0.3) is 0 Å². The van der Waals surface area contributed by atoms with Crippen molar-refractivity contribution in [1.82, 2.24) is 4.31 Å². The summed E-state index contributed by atoms with van der Waals surface area (Å²) >= 11 is 0. The van der Waals surface area contributed by atoms with Crippen LogP contribution in [-0.2, 0) is 19.5 Å². The Kier molecular flexibility index (Phi) is 3.34. The van der Waals surface area contributed by atoms with Crippen molar-refractivity contribution in [2.75, 3.05) is 26.9 Å². The number of ether oxygens (including phenoxy) is 2. The summed E-state index contributed by atoms with van der Waals surface area (Å²) in [5.41, 5.74) is 0. The molecule has 0 amide bonds. The van der Waals surface area contributed by atoms with E-state index in [9.17, 15) is 8.42 Å². The van der Waals surface area contributed by atoms with E-state index < -0.39 is 10.0 Å². The maximum absolute atomic E-state index is 12.7. The van der Waals surface area contributed by atoms with E-state index in [4.69, 9.17) is 9.47 Å². The topological polar surface area (TPSA) is 55.8 Å². The number of hydrogen-bond donors (Lipinski definition) is 0. The Balaban J connectivity index is 1.94. The Bertz CT molecular complexity index is 545. The summed E-state index contributed by atoms with van der Waals surface area (Å²) in [6.45, 7) is 1.44. The second-order valence-electron chi connectivity index (χ2n) is 4.93. The summed E-state index contributed by atoms with van der Waals surface area (Å²) < 4.78 is 37.7. The summed E-state index contributed by atoms with van der Waals surface area (Å²) in [5.74, 6) is 0.142. The predicted molar refractivity (Wildman–Crippen MR) is 69.2 cm³/mol. The lowest BCUT2D eigenvalue weighted by Crippen LogP contribution is -2.38. The number of rotatable bonds is 3. The molecule has 3 atom stereocenters. The van der Waals surface area contributed by atoms with Crippen molar-refractivity contribution in [2.45, 2.75) is 17.0 Å². The van der Waals surface area contributed by atoms with E-state index in [1.807, 2.05) is 6.07 Å². The van der Waals surface area contributed by atoms with Gasteiger partial charge in [0.25, 0.3) is 0 Å². The van der Waals surface area contributed by atoms with Crippen LogP contribution in [0.5, 0.6) is 0 Å². The van der Waals surface area contributed by atoms with E-state index in [2.05, 4.69) is 0 Å². The smallest absolute Gasteiger partial charge is 0.243 e. The second kappa shape index (κ2) is 4.86. The minimum Gasteiger partial charge on any atom is -0.380 e. The molecule has 0 aromatic heterocycles. The monoisotopic (exact) mass is 283 g/mol. The third kappa shape index (κ3) is 2.08. The molecular weight excluding hydrogens is 266 g/mol. The molecule has 2 saturated heterocycles. The Hall–Kier alpha value is -0.950. The van der Waals surface area contributed by atoms with Crippen LogP contribution in [0, 0.1) is 5.92 Å². The van der Waals surface area contributed by atoms with Gasteiger partial charge in [-0.3, -0.25) is 0 Å². The van der Waals surface area contributed by atoms with Gasteiger partial charge in [-0.2, -0.15) is 4.31 Å². The maximum Gasteiger partial charge on any atom is 0.243 e. The number of nitrogens with zero attached hydrogens (tertiary/aromatic N) is 1. The molecule has 5 nitrogen and oxygen atoms in total. The third-order valence-electron chi connectivity index (χ3n) is 3.95. The summed E-state index contributed by atoms with van der Waals surface area (Å²) in [4.78, 5) is 0.331. The highest BCUT2D eigenvalue weighted by molar-refractivity contribution is 7.89. The van der Waals surface area contributed by atoms with Crippen molar-refractivity contribution >= 4 is 10.0 Å². The van der Waals surface area contributed by atoms with Crippen LogP contribution in [0.15, 0.2) is 35.2 Å². The first-order chi connectivity index (χ1) is 9.14. The molecule has 1 aromatic carbocycles. The highest BCUT2D eigenvalue weighted by Gasteiger charge is 2.50. The van der Waals surface area contributed by atoms with Crippen LogP contribution in [0.2, 0.25) is 0 Å². The molecule has 0 radical (unpaired) electrons. The SMILES string of the molecule is CO[C@@H]1CN(S(=O)(=O)c2ccccc2)[C@H]2COC[C@@H]12. The van der Waals surface area contributed by atoms with Crippen molar-refractivity contribution in [3.8, 4) is 0 Å². The fraction of sp³-hybridized carbons (Fsp3) is 0.538. The van der Waals surface area contributed by atoms with Crippen molar-refractivity contribution in [1.29, 1.82) is 0 Å². The highest BCUT2D eigenvalue weighted by Crippen LogP contribution is 2.35. The van der Waals surface area contributed by atoms with Crippen LogP contribution >= 0.6 is 0 Å². The third-order valence-corrected chi connectivity index (χ3v) is 5.86. The summed E-state index contributed by atoms with van der Waals surface area (Å²) in [5, 5.41) is 0. The van der Waals surface area contributed by atoms with E-state index in [1.54, 1.807) is 31.4 Å². The maximum atomic E-state index is 12.7. The largest absolute Gasteiger partial charge is 0.380 e. The lowest BCUT2D eigenvalue weighted by Gasteiger charge is -2.21. The molecule has 2 fully saturated rings. The molecule has 19 heavy (non-hydrogen) atoms. The van der Waals surface area contributed by atoms with Crippen molar-refractivity contribution in [3.05, 3.63) is 30.3 Å². The van der Waals surface area contributed by atoms with Crippen LogP contribution < -0.4 is 0 Å². The quantitative estimate of drug-likeness (QED) is 0.820. The predicted octanol–water partition coefficient (Wildman–Crippen LogP) is 0.721. The molecule has 0 aliphatic carbocycles. The summed E-state index contributed by atoms with van der Waals surface area (Å²) in [6, 6.07) is 8.43. The molecule has 0 N–H and O–H groups in total. The molecule has 0 bridgehead atoms. The average Bonchev–Trinajstić information content (AvgIpc) is 3.01. The second-order valence-corrected chi connectivity index (χ2v) is 6.82. The first-order valence-corrected chi connectivity index (χ1v) is 7.76. The van der Waals surface area contributed by atoms with Gasteiger partial charge in [0.15, 0.2) is 0 Å². The minimum atomic E-state index is -3.46. The zero-order valence-corrected chi connectivity index (χ0v) is 11.5. The molecule has 2 aliphatic rings. The average molecular weight is 283 g/mol. The van der Waals surface area contributed by atoms with Gasteiger partial charge < -0.3 is 9.47 Å². The van der Waals surface area contributed by atoms with Gasteiger partial charge in [-0.1, -0.05) is 18.2 Å². The molecule has 1 aromatic rings. The van der Waals surface area contributed by atoms with Crippen LogP contribution in [0.3, 0.4) is 0 Å². The first-order valence-electron chi connectivity index (χ1n) is 6.32. The van der Waals surface area contributed by atoms with Crippen LogP contribution in [-0.4, -0.2) is 51.7 Å². The van der Waals surface area contributed by atoms with Gasteiger partial charge in [-0.25, -0.2) is 8.42 Å². The summed E-state index contributed by atoms with van der Waals surface area (Å²) in [7, 11) is -1.84. The van der Waals surface area contributed by atoms with Crippen molar-refractivity contribution < 1.29 is 17.9 Å². The Morgan fingerprint density at radius 3 is 2.68 bits per heavy atom. The van der Waals surface area contributed by atoms with E-state index in [-0.39, 0.29) is 18.1 Å². The molecule has 3 rings (SSSR count). The number of methoxy groups -OCH3 is 1. The van der Waals surface area contributed by atoms with Gasteiger partial charge in [0.05, 0.1) is 30.3 Å². The Labute approximate surface area is 113 Å². The number of hydrogen-bond acceptors (Lipinski definition) is 4. The van der Waals surface area contributed by atoms with Gasteiger partial charge in [-0.05, 0) is 12.1 Å². The fourth-order valence-electron chi connectivity index (χ4n) is 2.91. The molecular formula is C13H17NO4S. The van der Waals surface area contributed by atoms with Gasteiger partial charge >= 0.3 is 0 Å². The molecule has 104 valence electrons. The number of fused-ring (bicyclic) bond motifs is 1. The molecule has 2 heterocycles. The number of benzene rings is 1. The standard InChI is InChI=1S/C13H17NO4S/c1-17-13-7-14(12-9-18-8-11(12)13)19(15,16)10-5-3-2-4-6-10/h2-6,11-13H,7-9H2,1H3/t11-,12+,13-/m1/s1. The van der Waals surface area contributed by atoms with E-state index >= 15 is 0 Å². The molecule has 0 spiro atoms. The Morgan fingerprint density at radius 2 is 2.00 bits per heavy atom.